The van der Waals surface area contributed by atoms with E-state index in [4.69, 9.17) is 4.74 Å². The van der Waals surface area contributed by atoms with Gasteiger partial charge in [0.25, 0.3) is 0 Å². The number of hydrogen-bond donors (Lipinski definition) is 1. The number of piperidine rings is 1. The maximum absolute atomic E-state index is 12.3. The first-order valence-corrected chi connectivity index (χ1v) is 8.40. The van der Waals surface area contributed by atoms with E-state index in [0.29, 0.717) is 12.5 Å². The van der Waals surface area contributed by atoms with Gasteiger partial charge in [0.1, 0.15) is 5.60 Å². The van der Waals surface area contributed by atoms with Crippen molar-refractivity contribution in [3.63, 3.8) is 0 Å². The van der Waals surface area contributed by atoms with Crippen LogP contribution in [0.4, 0.5) is 4.79 Å². The number of alkyl carbamates (subject to hydrolysis) is 1. The number of hydrogen-bond acceptors (Lipinski definition) is 3. The van der Waals surface area contributed by atoms with Gasteiger partial charge in [0, 0.05) is 19.0 Å². The molecule has 1 N–H and O–H groups in total. The summed E-state index contributed by atoms with van der Waals surface area (Å²) >= 11 is 0. The molecule has 2 atom stereocenters. The lowest BCUT2D eigenvalue weighted by molar-refractivity contribution is -0.137. The number of carbonyl (C=O) groups excluding carboxylic acids is 2. The van der Waals surface area contributed by atoms with Crippen molar-refractivity contribution in [1.29, 1.82) is 0 Å². The molecule has 0 aromatic rings. The highest BCUT2D eigenvalue weighted by atomic mass is 16.6. The molecule has 0 aromatic heterocycles. The van der Waals surface area contributed by atoms with Gasteiger partial charge >= 0.3 is 6.09 Å². The van der Waals surface area contributed by atoms with Crippen molar-refractivity contribution in [3.8, 4) is 0 Å². The zero-order chi connectivity index (χ0) is 16.9. The average molecular weight is 312 g/mol. The molecular weight excluding hydrogens is 280 g/mol. The predicted octanol–water partition coefficient (Wildman–Crippen LogP) is 3.18. The highest BCUT2D eigenvalue weighted by molar-refractivity contribution is 5.78. The lowest BCUT2D eigenvalue weighted by atomic mass is 9.90. The highest BCUT2D eigenvalue weighted by Gasteiger charge is 2.32. The number of amides is 2. The molecular formula is C17H32N2O3. The first-order valence-electron chi connectivity index (χ1n) is 8.40. The van der Waals surface area contributed by atoms with Gasteiger partial charge < -0.3 is 15.0 Å². The van der Waals surface area contributed by atoms with Gasteiger partial charge in [-0.2, -0.15) is 0 Å². The summed E-state index contributed by atoms with van der Waals surface area (Å²) in [6.45, 7) is 12.9. The molecule has 5 heteroatoms. The molecule has 0 radical (unpaired) electrons. The lowest BCUT2D eigenvalue weighted by Gasteiger charge is -2.39. The Bertz CT molecular complexity index is 388. The lowest BCUT2D eigenvalue weighted by Crippen LogP contribution is -2.54. The molecule has 1 aliphatic rings. The number of nitrogens with zero attached hydrogens (tertiary/aromatic N) is 1. The fourth-order valence-electron chi connectivity index (χ4n) is 2.94. The molecule has 1 rings (SSSR count). The summed E-state index contributed by atoms with van der Waals surface area (Å²) in [6.07, 6.45) is 2.68. The Balaban J connectivity index is 2.68. The number of rotatable bonds is 4. The van der Waals surface area contributed by atoms with E-state index in [2.05, 4.69) is 12.2 Å². The largest absolute Gasteiger partial charge is 0.444 e. The monoisotopic (exact) mass is 312 g/mol. The number of likely N-dealkylation sites (tertiary alicyclic amines) is 1. The van der Waals surface area contributed by atoms with Gasteiger partial charge in [-0.05, 0) is 39.5 Å². The van der Waals surface area contributed by atoms with Crippen LogP contribution in [0.5, 0.6) is 0 Å². The molecule has 0 bridgehead atoms. The fraction of sp³-hybridized carbons (Fsp3) is 0.882. The Hall–Kier alpha value is -1.26. The van der Waals surface area contributed by atoms with E-state index >= 15 is 0 Å². The summed E-state index contributed by atoms with van der Waals surface area (Å²) in [4.78, 5) is 26.2. The summed E-state index contributed by atoms with van der Waals surface area (Å²) in [6, 6.07) is -0.0251. The van der Waals surface area contributed by atoms with Crippen LogP contribution in [-0.2, 0) is 9.53 Å². The first-order chi connectivity index (χ1) is 10.1. The summed E-state index contributed by atoms with van der Waals surface area (Å²) < 4.78 is 5.33. The van der Waals surface area contributed by atoms with E-state index < -0.39 is 11.7 Å². The van der Waals surface area contributed by atoms with Crippen LogP contribution >= 0.6 is 0 Å². The quantitative estimate of drug-likeness (QED) is 0.867. The SMILES string of the molecule is CCCC1CC(NC(=O)OC(C)(C)C)CN(C(=O)C(C)C)C1. The van der Waals surface area contributed by atoms with Crippen molar-refractivity contribution in [1.82, 2.24) is 10.2 Å². The highest BCUT2D eigenvalue weighted by Crippen LogP contribution is 2.23. The third-order valence-electron chi connectivity index (χ3n) is 3.76. The number of ether oxygens (including phenoxy) is 1. The van der Waals surface area contributed by atoms with Crippen LogP contribution < -0.4 is 5.32 Å². The topological polar surface area (TPSA) is 58.6 Å². The Morgan fingerprint density at radius 1 is 1.27 bits per heavy atom. The van der Waals surface area contributed by atoms with Crippen molar-refractivity contribution in [2.75, 3.05) is 13.1 Å². The maximum Gasteiger partial charge on any atom is 0.407 e. The maximum atomic E-state index is 12.3. The molecule has 128 valence electrons. The van der Waals surface area contributed by atoms with Crippen LogP contribution in [-0.4, -0.2) is 41.6 Å². The zero-order valence-electron chi connectivity index (χ0n) is 14.9. The molecule has 1 saturated heterocycles. The normalized spacial score (nSPS) is 22.6. The second-order valence-electron chi connectivity index (χ2n) is 7.63. The standard InChI is InChI=1S/C17H32N2O3/c1-7-8-13-9-14(18-16(21)22-17(4,5)6)11-19(10-13)15(20)12(2)3/h12-14H,7-11H2,1-6H3,(H,18,21). The van der Waals surface area contributed by atoms with Gasteiger partial charge in [-0.3, -0.25) is 4.79 Å². The van der Waals surface area contributed by atoms with Crippen molar-refractivity contribution < 1.29 is 14.3 Å². The molecule has 0 aromatic carbocycles. The predicted molar refractivity (Wildman–Crippen MR) is 87.6 cm³/mol. The van der Waals surface area contributed by atoms with Crippen molar-refractivity contribution in [3.05, 3.63) is 0 Å². The van der Waals surface area contributed by atoms with Crippen molar-refractivity contribution in [2.45, 2.75) is 72.4 Å². The first kappa shape index (κ1) is 18.8. The molecule has 2 unspecified atom stereocenters. The van der Waals surface area contributed by atoms with E-state index in [9.17, 15) is 9.59 Å². The van der Waals surface area contributed by atoms with Gasteiger partial charge in [0.15, 0.2) is 0 Å². The Labute approximate surface area is 134 Å². The van der Waals surface area contributed by atoms with Crippen LogP contribution in [0.2, 0.25) is 0 Å². The number of nitrogens with one attached hydrogen (secondary N) is 1. The third kappa shape index (κ3) is 6.24. The summed E-state index contributed by atoms with van der Waals surface area (Å²) in [5.41, 5.74) is -0.505. The van der Waals surface area contributed by atoms with Gasteiger partial charge in [-0.15, -0.1) is 0 Å². The minimum absolute atomic E-state index is 0.0115. The van der Waals surface area contributed by atoms with Gasteiger partial charge in [-0.1, -0.05) is 27.2 Å². The van der Waals surface area contributed by atoms with Gasteiger partial charge in [0.2, 0.25) is 5.91 Å². The minimum Gasteiger partial charge on any atom is -0.444 e. The van der Waals surface area contributed by atoms with Crippen molar-refractivity contribution >= 4 is 12.0 Å². The van der Waals surface area contributed by atoms with Crippen LogP contribution in [0.25, 0.3) is 0 Å². The van der Waals surface area contributed by atoms with Crippen LogP contribution in [0.3, 0.4) is 0 Å². The van der Waals surface area contributed by atoms with Crippen LogP contribution in [0, 0.1) is 11.8 Å². The molecule has 5 nitrogen and oxygen atoms in total. The van der Waals surface area contributed by atoms with E-state index in [-0.39, 0.29) is 17.9 Å². The average Bonchev–Trinajstić information content (AvgIpc) is 2.35. The fourth-order valence-corrected chi connectivity index (χ4v) is 2.94. The second kappa shape index (κ2) is 7.84. The van der Waals surface area contributed by atoms with Gasteiger partial charge in [0.05, 0.1) is 6.04 Å². The molecule has 0 saturated carbocycles. The minimum atomic E-state index is -0.505. The molecule has 1 aliphatic heterocycles. The summed E-state index contributed by atoms with van der Waals surface area (Å²) in [5, 5.41) is 2.93. The number of carbonyl (C=O) groups is 2. The van der Waals surface area contributed by atoms with Crippen LogP contribution in [0.1, 0.15) is 60.8 Å². The molecule has 2 amide bonds. The van der Waals surface area contributed by atoms with E-state index in [1.807, 2.05) is 39.5 Å². The Kier molecular flexibility index (Phi) is 6.69. The van der Waals surface area contributed by atoms with Crippen molar-refractivity contribution in [2.24, 2.45) is 11.8 Å². The zero-order valence-corrected chi connectivity index (χ0v) is 14.9. The molecule has 0 aliphatic carbocycles. The third-order valence-corrected chi connectivity index (χ3v) is 3.76. The van der Waals surface area contributed by atoms with E-state index in [1.54, 1.807) is 0 Å². The van der Waals surface area contributed by atoms with E-state index in [1.165, 1.54) is 0 Å². The van der Waals surface area contributed by atoms with E-state index in [0.717, 1.165) is 25.8 Å². The molecule has 1 fully saturated rings. The van der Waals surface area contributed by atoms with Crippen LogP contribution in [0.15, 0.2) is 0 Å². The summed E-state index contributed by atoms with van der Waals surface area (Å²) in [5.74, 6) is 0.598. The molecule has 0 spiro atoms. The second-order valence-corrected chi connectivity index (χ2v) is 7.63. The van der Waals surface area contributed by atoms with Gasteiger partial charge in [-0.25, -0.2) is 4.79 Å². The molecule has 22 heavy (non-hydrogen) atoms. The Morgan fingerprint density at radius 2 is 1.91 bits per heavy atom. The smallest absolute Gasteiger partial charge is 0.407 e. The Morgan fingerprint density at radius 3 is 2.41 bits per heavy atom. The molecule has 1 heterocycles. The summed E-state index contributed by atoms with van der Waals surface area (Å²) in [7, 11) is 0.